The molecule has 1 aromatic rings. The van der Waals surface area contributed by atoms with Gasteiger partial charge in [-0.2, -0.15) is 0 Å². The van der Waals surface area contributed by atoms with Crippen LogP contribution in [0.5, 0.6) is 11.5 Å². The van der Waals surface area contributed by atoms with Gasteiger partial charge in [0.25, 0.3) is 0 Å². The molecule has 3 rings (SSSR count). The molecule has 1 aromatic carbocycles. The van der Waals surface area contributed by atoms with E-state index in [4.69, 9.17) is 9.47 Å². The van der Waals surface area contributed by atoms with Gasteiger partial charge in [0.1, 0.15) is 0 Å². The summed E-state index contributed by atoms with van der Waals surface area (Å²) in [6, 6.07) is 5.91. The maximum absolute atomic E-state index is 12.4. The van der Waals surface area contributed by atoms with Crippen molar-refractivity contribution in [3.05, 3.63) is 23.8 Å². The second-order valence-electron chi connectivity index (χ2n) is 5.82. The first-order valence-corrected chi connectivity index (χ1v) is 7.32. The van der Waals surface area contributed by atoms with Crippen LogP contribution in [0.2, 0.25) is 0 Å². The maximum Gasteiger partial charge on any atom is 0.231 e. The molecule has 108 valence electrons. The van der Waals surface area contributed by atoms with Crippen molar-refractivity contribution in [2.24, 2.45) is 5.92 Å². The minimum Gasteiger partial charge on any atom is -0.454 e. The van der Waals surface area contributed by atoms with Crippen LogP contribution in [-0.2, 0) is 0 Å². The summed E-state index contributed by atoms with van der Waals surface area (Å²) in [6.45, 7) is 6.24. The van der Waals surface area contributed by atoms with E-state index in [0.29, 0.717) is 29.8 Å². The molecule has 0 amide bonds. The quantitative estimate of drug-likeness (QED) is 0.795. The molecule has 0 saturated carbocycles. The Kier molecular flexibility index (Phi) is 3.66. The van der Waals surface area contributed by atoms with Crippen molar-refractivity contribution in [1.29, 1.82) is 0 Å². The van der Waals surface area contributed by atoms with E-state index in [-0.39, 0.29) is 12.6 Å². The number of nitrogens with zero attached hydrogens (tertiary/aromatic N) is 1. The molecule has 0 spiro atoms. The summed E-state index contributed by atoms with van der Waals surface area (Å²) in [5.41, 5.74) is 0.708. The smallest absolute Gasteiger partial charge is 0.231 e. The van der Waals surface area contributed by atoms with Gasteiger partial charge >= 0.3 is 0 Å². The molecule has 4 heteroatoms. The Morgan fingerprint density at radius 1 is 1.30 bits per heavy atom. The summed E-state index contributed by atoms with van der Waals surface area (Å²) < 4.78 is 10.6. The number of carbonyl (C=O) groups is 1. The van der Waals surface area contributed by atoms with E-state index >= 15 is 0 Å². The molecule has 0 bridgehead atoms. The number of piperidine rings is 1. The highest BCUT2D eigenvalue weighted by molar-refractivity contribution is 5.98. The van der Waals surface area contributed by atoms with Gasteiger partial charge in [0.2, 0.25) is 6.79 Å². The van der Waals surface area contributed by atoms with Crippen LogP contribution in [0.1, 0.15) is 37.0 Å². The summed E-state index contributed by atoms with van der Waals surface area (Å²) in [5.74, 6) is 2.22. The Balaban J connectivity index is 1.70. The number of ether oxygens (including phenoxy) is 2. The highest BCUT2D eigenvalue weighted by atomic mass is 16.7. The molecule has 20 heavy (non-hydrogen) atoms. The predicted octanol–water partition coefficient (Wildman–Crippen LogP) is 2.72. The summed E-state index contributed by atoms with van der Waals surface area (Å²) in [5, 5.41) is 0. The molecule has 0 aliphatic carbocycles. The van der Waals surface area contributed by atoms with Crippen LogP contribution >= 0.6 is 0 Å². The number of carbonyl (C=O) groups excluding carboxylic acids is 1. The molecule has 4 nitrogen and oxygen atoms in total. The molecule has 0 N–H and O–H groups in total. The van der Waals surface area contributed by atoms with Crippen molar-refractivity contribution in [3.8, 4) is 11.5 Å². The normalized spacial score (nSPS) is 25.7. The Bertz CT molecular complexity index is 514. The lowest BCUT2D eigenvalue weighted by Crippen LogP contribution is -2.44. The average Bonchev–Trinajstić information content (AvgIpc) is 2.91. The number of ketones is 1. The first-order chi connectivity index (χ1) is 9.65. The van der Waals surface area contributed by atoms with E-state index in [1.807, 2.05) is 12.1 Å². The zero-order valence-corrected chi connectivity index (χ0v) is 12.1. The summed E-state index contributed by atoms with van der Waals surface area (Å²) in [6.07, 6.45) is 2.44. The number of fused-ring (bicyclic) bond motifs is 1. The second-order valence-corrected chi connectivity index (χ2v) is 5.82. The predicted molar refractivity (Wildman–Crippen MR) is 76.3 cm³/mol. The number of hydrogen-bond acceptors (Lipinski definition) is 4. The van der Waals surface area contributed by atoms with Crippen molar-refractivity contribution in [2.75, 3.05) is 19.9 Å². The Morgan fingerprint density at radius 3 is 2.95 bits per heavy atom. The van der Waals surface area contributed by atoms with Gasteiger partial charge in [-0.25, -0.2) is 0 Å². The Labute approximate surface area is 119 Å². The lowest BCUT2D eigenvalue weighted by Gasteiger charge is -2.37. The average molecular weight is 275 g/mol. The summed E-state index contributed by atoms with van der Waals surface area (Å²) in [4.78, 5) is 14.7. The van der Waals surface area contributed by atoms with Crippen LogP contribution in [-0.4, -0.2) is 36.6 Å². The number of likely N-dealkylation sites (tertiary alicyclic amines) is 1. The fourth-order valence-electron chi connectivity index (χ4n) is 2.99. The summed E-state index contributed by atoms with van der Waals surface area (Å²) >= 11 is 0. The van der Waals surface area contributed by atoms with E-state index in [0.717, 1.165) is 12.3 Å². The van der Waals surface area contributed by atoms with Gasteiger partial charge in [-0.3, -0.25) is 9.69 Å². The van der Waals surface area contributed by atoms with E-state index in [9.17, 15) is 4.79 Å². The van der Waals surface area contributed by atoms with Crippen molar-refractivity contribution in [3.63, 3.8) is 0 Å². The third-order valence-electron chi connectivity index (χ3n) is 4.55. The fourth-order valence-corrected chi connectivity index (χ4v) is 2.99. The Hall–Kier alpha value is -1.55. The second kappa shape index (κ2) is 5.44. The van der Waals surface area contributed by atoms with Gasteiger partial charge in [-0.15, -0.1) is 0 Å². The third kappa shape index (κ3) is 2.52. The molecule has 0 radical (unpaired) electrons. The first kappa shape index (κ1) is 13.4. The molecular formula is C16H21NO3. The van der Waals surface area contributed by atoms with Gasteiger partial charge in [0.15, 0.2) is 17.3 Å². The largest absolute Gasteiger partial charge is 0.454 e. The van der Waals surface area contributed by atoms with Crippen LogP contribution in [0, 0.1) is 5.92 Å². The molecule has 2 atom stereocenters. The fraction of sp³-hybridized carbons (Fsp3) is 0.562. The number of benzene rings is 1. The van der Waals surface area contributed by atoms with Crippen molar-refractivity contribution in [2.45, 2.75) is 32.7 Å². The SMILES string of the molecule is CC1CCCN(CC(=O)c2ccc3c(c2)OCO3)C1C. The van der Waals surface area contributed by atoms with Crippen molar-refractivity contribution in [1.82, 2.24) is 4.90 Å². The summed E-state index contributed by atoms with van der Waals surface area (Å²) in [7, 11) is 0. The van der Waals surface area contributed by atoms with E-state index in [1.54, 1.807) is 6.07 Å². The highest BCUT2D eigenvalue weighted by Gasteiger charge is 2.26. The van der Waals surface area contributed by atoms with Gasteiger partial charge < -0.3 is 9.47 Å². The molecule has 0 aromatic heterocycles. The van der Waals surface area contributed by atoms with Crippen LogP contribution in [0.15, 0.2) is 18.2 Å². The first-order valence-electron chi connectivity index (χ1n) is 7.32. The van der Waals surface area contributed by atoms with Gasteiger partial charge in [0.05, 0.1) is 6.54 Å². The van der Waals surface area contributed by atoms with Gasteiger partial charge in [0, 0.05) is 11.6 Å². The molecule has 2 unspecified atom stereocenters. The number of rotatable bonds is 3. The van der Waals surface area contributed by atoms with Crippen LogP contribution in [0.3, 0.4) is 0 Å². The van der Waals surface area contributed by atoms with Gasteiger partial charge in [-0.1, -0.05) is 6.92 Å². The van der Waals surface area contributed by atoms with Crippen LogP contribution in [0.4, 0.5) is 0 Å². The number of Topliss-reactive ketones (excluding diaryl/α,β-unsaturated/α-hetero) is 1. The maximum atomic E-state index is 12.4. The topological polar surface area (TPSA) is 38.8 Å². The minimum atomic E-state index is 0.157. The molecule has 1 fully saturated rings. The Morgan fingerprint density at radius 2 is 2.10 bits per heavy atom. The van der Waals surface area contributed by atoms with E-state index in [1.165, 1.54) is 12.8 Å². The number of hydrogen-bond donors (Lipinski definition) is 0. The van der Waals surface area contributed by atoms with Crippen LogP contribution in [0.25, 0.3) is 0 Å². The van der Waals surface area contributed by atoms with Crippen molar-refractivity contribution < 1.29 is 14.3 Å². The van der Waals surface area contributed by atoms with E-state index < -0.39 is 0 Å². The lowest BCUT2D eigenvalue weighted by atomic mass is 9.91. The zero-order chi connectivity index (χ0) is 14.1. The molecule has 1 saturated heterocycles. The monoisotopic (exact) mass is 275 g/mol. The van der Waals surface area contributed by atoms with Crippen LogP contribution < -0.4 is 9.47 Å². The van der Waals surface area contributed by atoms with Crippen molar-refractivity contribution >= 4 is 5.78 Å². The zero-order valence-electron chi connectivity index (χ0n) is 12.1. The lowest BCUT2D eigenvalue weighted by molar-refractivity contribution is 0.0779. The highest BCUT2D eigenvalue weighted by Crippen LogP contribution is 2.32. The van der Waals surface area contributed by atoms with E-state index in [2.05, 4.69) is 18.7 Å². The molecule has 2 heterocycles. The minimum absolute atomic E-state index is 0.157. The third-order valence-corrected chi connectivity index (χ3v) is 4.55. The molecule has 2 aliphatic heterocycles. The van der Waals surface area contributed by atoms with Gasteiger partial charge in [-0.05, 0) is 50.4 Å². The molecule has 2 aliphatic rings. The molecular weight excluding hydrogens is 254 g/mol. The standard InChI is InChI=1S/C16H21NO3/c1-11-4-3-7-17(12(11)2)9-14(18)13-5-6-15-16(8-13)20-10-19-15/h5-6,8,11-12H,3-4,7,9-10H2,1-2H3.